The third-order valence-corrected chi connectivity index (χ3v) is 2.37. The van der Waals surface area contributed by atoms with Gasteiger partial charge >= 0.3 is 5.97 Å². The number of nitrogens with zero attached hydrogens (tertiary/aromatic N) is 2. The number of carbonyl (C=O) groups is 1. The molecule has 0 spiro atoms. The lowest BCUT2D eigenvalue weighted by molar-refractivity contribution is 0.0688. The molecule has 1 unspecified atom stereocenters. The van der Waals surface area contributed by atoms with E-state index in [9.17, 15) is 4.79 Å². The highest BCUT2D eigenvalue weighted by atomic mass is 31.0. The van der Waals surface area contributed by atoms with Crippen LogP contribution in [-0.4, -0.2) is 20.5 Å². The van der Waals surface area contributed by atoms with Gasteiger partial charge < -0.3 is 9.63 Å². The van der Waals surface area contributed by atoms with Crippen LogP contribution in [-0.2, 0) is 0 Å². The van der Waals surface area contributed by atoms with E-state index in [1.807, 2.05) is 0 Å². The Morgan fingerprint density at radius 3 is 3.00 bits per heavy atom. The van der Waals surface area contributed by atoms with Crippen molar-refractivity contribution in [1.82, 2.24) is 9.38 Å². The van der Waals surface area contributed by atoms with Gasteiger partial charge in [-0.15, -0.1) is 0 Å². The Kier molecular flexibility index (Phi) is 2.32. The maximum Gasteiger partial charge on any atom is 0.354 e. The predicted octanol–water partition coefficient (Wildman–Crippen LogP) is 1.51. The number of carboxylic acid groups (broad SMARTS) is 1. The quantitative estimate of drug-likeness (QED) is 0.785. The Hall–Kier alpha value is -1.61. The molecule has 0 radical (unpaired) electrons. The largest absolute Gasteiger partial charge is 0.477 e. The molecule has 2 rings (SSSR count). The van der Waals surface area contributed by atoms with E-state index in [-0.39, 0.29) is 5.69 Å². The number of pyridine rings is 1. The van der Waals surface area contributed by atoms with Crippen LogP contribution in [0.5, 0.6) is 5.75 Å². The Bertz CT molecular complexity index is 535. The standard InChI is InChI=1S/C9H9N2O3P/c1-5-7(9(12)13)11-4-2-3-6(14-15)8(11)10-5/h2-4H,15H2,1H3,(H,12,13). The van der Waals surface area contributed by atoms with Gasteiger partial charge in [0.15, 0.2) is 17.1 Å². The summed E-state index contributed by atoms with van der Waals surface area (Å²) >= 11 is 0. The van der Waals surface area contributed by atoms with E-state index in [1.165, 1.54) is 4.40 Å². The first-order chi connectivity index (χ1) is 7.15. The van der Waals surface area contributed by atoms with Crippen LogP contribution in [0.2, 0.25) is 0 Å². The summed E-state index contributed by atoms with van der Waals surface area (Å²) < 4.78 is 6.51. The molecule has 0 bridgehead atoms. The van der Waals surface area contributed by atoms with Crippen molar-refractivity contribution < 1.29 is 14.4 Å². The number of aromatic nitrogens is 2. The predicted molar refractivity (Wildman–Crippen MR) is 57.2 cm³/mol. The van der Waals surface area contributed by atoms with Crippen molar-refractivity contribution in [2.45, 2.75) is 6.92 Å². The van der Waals surface area contributed by atoms with E-state index >= 15 is 0 Å². The molecule has 0 aliphatic rings. The van der Waals surface area contributed by atoms with Crippen LogP contribution < -0.4 is 4.52 Å². The van der Waals surface area contributed by atoms with E-state index in [0.29, 0.717) is 17.1 Å². The molecule has 0 aliphatic heterocycles. The van der Waals surface area contributed by atoms with Crippen molar-refractivity contribution in [3.05, 3.63) is 29.7 Å². The minimum absolute atomic E-state index is 0.161. The normalized spacial score (nSPS) is 10.5. The van der Waals surface area contributed by atoms with Crippen LogP contribution in [0.25, 0.3) is 5.65 Å². The molecule has 0 amide bonds. The van der Waals surface area contributed by atoms with Crippen molar-refractivity contribution in [2.24, 2.45) is 0 Å². The van der Waals surface area contributed by atoms with Gasteiger partial charge in [0, 0.05) is 6.20 Å². The van der Waals surface area contributed by atoms with Crippen LogP contribution in [0.15, 0.2) is 18.3 Å². The van der Waals surface area contributed by atoms with Gasteiger partial charge in [-0.1, -0.05) is 0 Å². The van der Waals surface area contributed by atoms with Gasteiger partial charge in [-0.3, -0.25) is 4.40 Å². The molecule has 2 aromatic heterocycles. The summed E-state index contributed by atoms with van der Waals surface area (Å²) in [6, 6.07) is 3.43. The van der Waals surface area contributed by atoms with E-state index in [4.69, 9.17) is 9.63 Å². The summed E-state index contributed by atoms with van der Waals surface area (Å²) in [5.74, 6) is -0.473. The molecule has 0 saturated carbocycles. The second-order valence-electron chi connectivity index (χ2n) is 3.03. The Morgan fingerprint density at radius 1 is 1.67 bits per heavy atom. The molecule has 6 heteroatoms. The highest BCUT2D eigenvalue weighted by molar-refractivity contribution is 7.10. The molecule has 2 heterocycles. The molecule has 78 valence electrons. The van der Waals surface area contributed by atoms with Gasteiger partial charge in [0.2, 0.25) is 0 Å². The number of hydrogen-bond donors (Lipinski definition) is 1. The SMILES string of the molecule is Cc1nc2c(OP)cccn2c1C(=O)O. The van der Waals surface area contributed by atoms with Crippen molar-refractivity contribution in [1.29, 1.82) is 0 Å². The van der Waals surface area contributed by atoms with E-state index < -0.39 is 5.97 Å². The molecule has 5 nitrogen and oxygen atoms in total. The highest BCUT2D eigenvalue weighted by Crippen LogP contribution is 2.23. The number of fused-ring (bicyclic) bond motifs is 1. The molecule has 1 N–H and O–H groups in total. The van der Waals surface area contributed by atoms with Crippen LogP contribution in [0, 0.1) is 6.92 Å². The lowest BCUT2D eigenvalue weighted by atomic mass is 10.3. The van der Waals surface area contributed by atoms with E-state index in [1.54, 1.807) is 25.3 Å². The second kappa shape index (κ2) is 3.51. The first-order valence-electron chi connectivity index (χ1n) is 4.23. The zero-order valence-corrected chi connectivity index (χ0v) is 9.12. The molecular formula is C9H9N2O3P. The van der Waals surface area contributed by atoms with Crippen molar-refractivity contribution >= 4 is 21.1 Å². The van der Waals surface area contributed by atoms with Gasteiger partial charge in [0.1, 0.15) is 0 Å². The average Bonchev–Trinajstić information content (AvgIpc) is 2.53. The molecule has 1 atom stereocenters. The summed E-state index contributed by atoms with van der Waals surface area (Å²) in [4.78, 5) is 15.1. The number of carboxylic acids is 1. The summed E-state index contributed by atoms with van der Waals surface area (Å²) in [7, 11) is 2.11. The van der Waals surface area contributed by atoms with Gasteiger partial charge in [-0.05, 0) is 19.1 Å². The molecule has 0 aliphatic carbocycles. The van der Waals surface area contributed by atoms with Gasteiger partial charge in [-0.25, -0.2) is 9.78 Å². The van der Waals surface area contributed by atoms with Gasteiger partial charge in [-0.2, -0.15) is 0 Å². The third-order valence-electron chi connectivity index (χ3n) is 2.12. The minimum Gasteiger partial charge on any atom is -0.477 e. The summed E-state index contributed by atoms with van der Waals surface area (Å²) in [5, 5.41) is 9.01. The van der Waals surface area contributed by atoms with Gasteiger partial charge in [0.25, 0.3) is 0 Å². The molecule has 0 fully saturated rings. The highest BCUT2D eigenvalue weighted by Gasteiger charge is 2.17. The molecule has 0 aromatic carbocycles. The molecule has 15 heavy (non-hydrogen) atoms. The lowest BCUT2D eigenvalue weighted by Gasteiger charge is -2.01. The monoisotopic (exact) mass is 224 g/mol. The smallest absolute Gasteiger partial charge is 0.354 e. The van der Waals surface area contributed by atoms with Crippen LogP contribution in [0.3, 0.4) is 0 Å². The lowest BCUT2D eigenvalue weighted by Crippen LogP contribution is -2.03. The fourth-order valence-electron chi connectivity index (χ4n) is 1.51. The average molecular weight is 224 g/mol. The molecule has 2 aromatic rings. The Morgan fingerprint density at radius 2 is 2.40 bits per heavy atom. The number of aryl methyl sites for hydroxylation is 1. The second-order valence-corrected chi connectivity index (χ2v) is 3.27. The zero-order chi connectivity index (χ0) is 11.0. The zero-order valence-electron chi connectivity index (χ0n) is 7.97. The number of aromatic carboxylic acids is 1. The van der Waals surface area contributed by atoms with Crippen molar-refractivity contribution in [3.8, 4) is 5.75 Å². The van der Waals surface area contributed by atoms with E-state index in [0.717, 1.165) is 0 Å². The Balaban J connectivity index is 2.84. The fourth-order valence-corrected chi connectivity index (χ4v) is 1.69. The maximum absolute atomic E-state index is 11.0. The summed E-state index contributed by atoms with van der Waals surface area (Å²) in [6.07, 6.45) is 1.64. The van der Waals surface area contributed by atoms with Crippen LogP contribution >= 0.6 is 9.47 Å². The summed E-state index contributed by atoms with van der Waals surface area (Å²) in [5.41, 5.74) is 1.13. The molecular weight excluding hydrogens is 215 g/mol. The molecule has 0 saturated heterocycles. The number of imidazole rings is 1. The Labute approximate surface area is 88.0 Å². The summed E-state index contributed by atoms with van der Waals surface area (Å²) in [6.45, 7) is 1.66. The van der Waals surface area contributed by atoms with Crippen LogP contribution in [0.1, 0.15) is 16.2 Å². The van der Waals surface area contributed by atoms with E-state index in [2.05, 4.69) is 14.5 Å². The minimum atomic E-state index is -0.999. The number of hydrogen-bond acceptors (Lipinski definition) is 3. The van der Waals surface area contributed by atoms with Gasteiger partial charge in [0.05, 0.1) is 15.2 Å². The number of rotatable bonds is 2. The van der Waals surface area contributed by atoms with Crippen molar-refractivity contribution in [3.63, 3.8) is 0 Å². The van der Waals surface area contributed by atoms with Crippen LogP contribution in [0.4, 0.5) is 0 Å². The maximum atomic E-state index is 11.0. The third kappa shape index (κ3) is 1.45. The first kappa shape index (κ1) is 9.93. The first-order valence-corrected chi connectivity index (χ1v) is 4.70. The topological polar surface area (TPSA) is 63.8 Å². The van der Waals surface area contributed by atoms with Crippen molar-refractivity contribution in [2.75, 3.05) is 0 Å². The fraction of sp³-hybridized carbons (Fsp3) is 0.111.